The molecule has 0 bridgehead atoms. The van der Waals surface area contributed by atoms with Crippen LogP contribution in [0.4, 0.5) is 11.6 Å². The number of amides is 2. The summed E-state index contributed by atoms with van der Waals surface area (Å²) >= 11 is 5.91. The maximum absolute atomic E-state index is 12.8. The lowest BCUT2D eigenvalue weighted by molar-refractivity contribution is -0.667. The van der Waals surface area contributed by atoms with Gasteiger partial charge in [0.25, 0.3) is 17.6 Å². The molecule has 3 aromatic rings. The molecule has 0 saturated heterocycles. The fourth-order valence-corrected chi connectivity index (χ4v) is 3.72. The van der Waals surface area contributed by atoms with Crippen molar-refractivity contribution in [3.05, 3.63) is 34.9 Å². The zero-order valence-corrected chi connectivity index (χ0v) is 22.4. The summed E-state index contributed by atoms with van der Waals surface area (Å²) in [5, 5.41) is 8.56. The molecule has 0 aliphatic heterocycles. The smallest absolute Gasteiger partial charge is 0.277 e. The van der Waals surface area contributed by atoms with Crippen LogP contribution in [0.3, 0.4) is 0 Å². The molecule has 2 heterocycles. The highest BCUT2D eigenvalue weighted by Crippen LogP contribution is 2.22. The number of nitrogens with one attached hydrogen (secondary N) is 3. The molecule has 0 saturated carbocycles. The van der Waals surface area contributed by atoms with Crippen molar-refractivity contribution in [1.29, 1.82) is 0 Å². The molecule has 0 unspecified atom stereocenters. The molecule has 0 aliphatic carbocycles. The van der Waals surface area contributed by atoms with Gasteiger partial charge < -0.3 is 44.6 Å². The van der Waals surface area contributed by atoms with Crippen LogP contribution < -0.4 is 49.1 Å². The predicted octanol–water partition coefficient (Wildman–Crippen LogP) is -2.74. The van der Waals surface area contributed by atoms with Crippen molar-refractivity contribution >= 4 is 58.5 Å². The first kappa shape index (κ1) is 31.0. The Hall–Kier alpha value is -3.06. The van der Waals surface area contributed by atoms with E-state index >= 15 is 0 Å². The molecule has 0 atom stereocenters. The Morgan fingerprint density at radius 2 is 1.89 bits per heavy atom. The number of nitrogens with two attached hydrogens (primary N) is 2. The number of aromatic nitrogens is 4. The molecule has 2 amide bonds. The van der Waals surface area contributed by atoms with Crippen molar-refractivity contribution in [3.63, 3.8) is 0 Å². The van der Waals surface area contributed by atoms with Gasteiger partial charge in [0.05, 0.1) is 13.7 Å². The number of anilines is 2. The summed E-state index contributed by atoms with van der Waals surface area (Å²) in [7, 11) is 3.41. The number of aryl methyl sites for hydroxylation is 1. The highest BCUT2D eigenvalue weighted by atomic mass is 35.5. The second-order valence-corrected chi connectivity index (χ2v) is 7.73. The van der Waals surface area contributed by atoms with Crippen LogP contribution in [0.15, 0.2) is 18.2 Å². The van der Waals surface area contributed by atoms with Crippen LogP contribution in [0, 0.1) is 0 Å². The minimum absolute atomic E-state index is 0. The Morgan fingerprint density at radius 3 is 2.53 bits per heavy atom. The van der Waals surface area contributed by atoms with E-state index < -0.39 is 5.91 Å². The molecule has 0 spiro atoms. The molecule has 3 rings (SSSR count). The lowest BCUT2D eigenvalue weighted by Crippen LogP contribution is -3.00. The number of nitrogen functional groups attached to an aromatic ring is 2. The third-order valence-corrected chi connectivity index (χ3v) is 5.51. The van der Waals surface area contributed by atoms with Crippen LogP contribution in [0.25, 0.3) is 11.0 Å². The summed E-state index contributed by atoms with van der Waals surface area (Å²) in [5.74, 6) is 0.480. The van der Waals surface area contributed by atoms with E-state index in [1.54, 1.807) is 7.11 Å². The number of carbonyl (C=O) groups excluding carboxylic acids is 2. The van der Waals surface area contributed by atoms with Gasteiger partial charge >= 0.3 is 0 Å². The van der Waals surface area contributed by atoms with Crippen molar-refractivity contribution in [2.24, 2.45) is 0 Å². The summed E-state index contributed by atoms with van der Waals surface area (Å²) in [5.41, 5.74) is 13.0. The van der Waals surface area contributed by atoms with Crippen LogP contribution in [-0.2, 0) is 24.4 Å². The monoisotopic (exact) mass is 561 g/mol. The van der Waals surface area contributed by atoms with E-state index in [-0.39, 0.29) is 66.3 Å². The number of benzene rings is 1. The van der Waals surface area contributed by atoms with Crippen LogP contribution >= 0.6 is 24.0 Å². The Labute approximate surface area is 225 Å². The maximum Gasteiger partial charge on any atom is 0.277 e. The molecular weight excluding hydrogens is 533 g/mol. The zero-order valence-electron chi connectivity index (χ0n) is 20.1. The van der Waals surface area contributed by atoms with Crippen LogP contribution in [0.5, 0.6) is 5.75 Å². The number of hydrogen-bond donors (Lipinski definition) is 5. The van der Waals surface area contributed by atoms with Crippen LogP contribution in [0.2, 0.25) is 5.15 Å². The quantitative estimate of drug-likeness (QED) is 0.131. The number of ether oxygens (including phenoxy) is 1. The van der Waals surface area contributed by atoms with Gasteiger partial charge in [-0.25, -0.2) is 19.1 Å². The third-order valence-electron chi connectivity index (χ3n) is 5.23. The van der Waals surface area contributed by atoms with E-state index in [9.17, 15) is 9.59 Å². The average Bonchev–Trinajstić information content (AvgIpc) is 3.11. The standard InChI is InChI=1S/C21H28ClN9O3.2ClH/c1-4-30-14-9-12(34-3)5-6-13(14)31(11-15(32)26-8-7-25-2)16(30)10-27-21(33)17-19(23)29-20(24)18(22)28-17;;/h5-6,9,25H,4,7-8,10-11H2,1-3H3,(H5-,23,24,26,27,29,32,33);2*1H. The molecule has 0 aliphatic rings. The van der Waals surface area contributed by atoms with E-state index in [4.69, 9.17) is 27.8 Å². The Balaban J connectivity index is 0.00000324. The van der Waals surface area contributed by atoms with Gasteiger partial charge in [-0.05, 0) is 26.1 Å². The van der Waals surface area contributed by atoms with Crippen molar-refractivity contribution in [2.45, 2.75) is 26.6 Å². The van der Waals surface area contributed by atoms with Gasteiger partial charge in [-0.2, -0.15) is 0 Å². The normalized spacial score (nSPS) is 10.3. The van der Waals surface area contributed by atoms with E-state index in [0.29, 0.717) is 31.2 Å². The van der Waals surface area contributed by atoms with E-state index in [0.717, 1.165) is 11.0 Å². The summed E-state index contributed by atoms with van der Waals surface area (Å²) in [6, 6.07) is 5.60. The van der Waals surface area contributed by atoms with Crippen molar-refractivity contribution < 1.29 is 31.3 Å². The van der Waals surface area contributed by atoms with Gasteiger partial charge in [0.15, 0.2) is 40.1 Å². The molecule has 1 aromatic carbocycles. The molecule has 2 aromatic heterocycles. The Kier molecular flexibility index (Phi) is 11.9. The van der Waals surface area contributed by atoms with Gasteiger partial charge in [0, 0.05) is 19.2 Å². The number of imidazole rings is 1. The van der Waals surface area contributed by atoms with E-state index in [1.807, 2.05) is 41.3 Å². The molecular formula is C21H30Cl3N9O3. The minimum atomic E-state index is -0.567. The van der Waals surface area contributed by atoms with Crippen LogP contribution in [0.1, 0.15) is 23.2 Å². The molecule has 0 radical (unpaired) electrons. The molecule has 15 heteroatoms. The number of methoxy groups -OCH3 is 1. The number of halogens is 3. The third kappa shape index (κ3) is 6.78. The van der Waals surface area contributed by atoms with Gasteiger partial charge in [-0.1, -0.05) is 11.6 Å². The molecule has 198 valence electrons. The Morgan fingerprint density at radius 1 is 1.17 bits per heavy atom. The highest BCUT2D eigenvalue weighted by Gasteiger charge is 2.27. The molecule has 12 nitrogen and oxygen atoms in total. The van der Waals surface area contributed by atoms with E-state index in [2.05, 4.69) is 25.9 Å². The topological polar surface area (TPSA) is 166 Å². The van der Waals surface area contributed by atoms with E-state index in [1.165, 1.54) is 0 Å². The molecule has 36 heavy (non-hydrogen) atoms. The molecule has 7 N–H and O–H groups in total. The second kappa shape index (κ2) is 13.9. The summed E-state index contributed by atoms with van der Waals surface area (Å²) in [6.07, 6.45) is 0. The number of likely N-dealkylation sites (N-methyl/N-ethyl adjacent to an activating group) is 1. The largest absolute Gasteiger partial charge is 1.00 e. The van der Waals surface area contributed by atoms with Gasteiger partial charge in [0.2, 0.25) is 0 Å². The fourth-order valence-electron chi connectivity index (χ4n) is 3.60. The number of rotatable bonds is 10. The average molecular weight is 563 g/mol. The lowest BCUT2D eigenvalue weighted by atomic mass is 10.3. The summed E-state index contributed by atoms with van der Waals surface area (Å²) < 4.78 is 9.24. The van der Waals surface area contributed by atoms with Crippen LogP contribution in [-0.4, -0.2) is 53.6 Å². The number of nitrogens with zero attached hydrogens (tertiary/aromatic N) is 4. The first-order valence-electron chi connectivity index (χ1n) is 10.7. The summed E-state index contributed by atoms with van der Waals surface area (Å²) in [6.45, 7) is 3.89. The van der Waals surface area contributed by atoms with Gasteiger partial charge in [0.1, 0.15) is 12.3 Å². The first-order chi connectivity index (χ1) is 16.3. The molecule has 0 fully saturated rings. The van der Waals surface area contributed by atoms with Crippen molar-refractivity contribution in [3.8, 4) is 5.75 Å². The fraction of sp³-hybridized carbons (Fsp3) is 0.381. The first-order valence-corrected chi connectivity index (χ1v) is 11.0. The summed E-state index contributed by atoms with van der Waals surface area (Å²) in [4.78, 5) is 33.2. The van der Waals surface area contributed by atoms with Crippen molar-refractivity contribution in [2.75, 3.05) is 38.7 Å². The predicted molar refractivity (Wildman–Crippen MR) is 136 cm³/mol. The second-order valence-electron chi connectivity index (χ2n) is 7.37. The highest BCUT2D eigenvalue weighted by molar-refractivity contribution is 6.31. The number of carbonyl (C=O) groups is 2. The lowest BCUT2D eigenvalue weighted by Gasteiger charge is -2.09. The number of fused-ring (bicyclic) bond motifs is 1. The SMILES string of the molecule is CCn1c(CNC(=O)c2nc(Cl)c(N)nc2N)[n+](CC(=O)NCCNC)c2ccc(OC)cc21.Cl.[Cl-]. The maximum atomic E-state index is 12.8. The van der Waals surface area contributed by atoms with Crippen molar-refractivity contribution in [1.82, 2.24) is 30.5 Å². The van der Waals surface area contributed by atoms with Gasteiger partial charge in [-0.15, -0.1) is 12.4 Å². The van der Waals surface area contributed by atoms with Gasteiger partial charge in [-0.3, -0.25) is 9.59 Å². The minimum Gasteiger partial charge on any atom is -1.00 e. The number of hydrogen-bond acceptors (Lipinski definition) is 8. The Bertz CT molecular complexity index is 1220. The zero-order chi connectivity index (χ0) is 24.8.